The molecule has 0 atom stereocenters. The molecule has 0 aliphatic rings. The maximum atomic E-state index is 8.74. The quantitative estimate of drug-likeness (QED) is 0.255. The van der Waals surface area contributed by atoms with Gasteiger partial charge in [-0.2, -0.15) is 0 Å². The molecule has 64 valence electrons. The molecular formula is H5AlO8Si2. The monoisotopic (exact) mass is 216 g/mol. The SMILES string of the molecule is O=[Si](O)O.O=[Si](O)O.[O]=[Al][OH]. The fourth-order valence-corrected chi connectivity index (χ4v) is 0. The van der Waals surface area contributed by atoms with Crippen LogP contribution in [0.15, 0.2) is 0 Å². The van der Waals surface area contributed by atoms with E-state index in [2.05, 4.69) is 0 Å². The molecule has 0 aliphatic heterocycles. The zero-order valence-electron chi connectivity index (χ0n) is 5.04. The van der Waals surface area contributed by atoms with Crippen LogP contribution < -0.4 is 0 Å². The molecule has 0 unspecified atom stereocenters. The summed E-state index contributed by atoms with van der Waals surface area (Å²) >= 11 is -1.50. The van der Waals surface area contributed by atoms with E-state index < -0.39 is 33.8 Å². The average molecular weight is 216 g/mol. The third kappa shape index (κ3) is 1270. The van der Waals surface area contributed by atoms with Crippen LogP contribution in [-0.2, 0) is 12.7 Å². The Morgan fingerprint density at radius 1 is 0.909 bits per heavy atom. The molecular weight excluding hydrogens is 211 g/mol. The van der Waals surface area contributed by atoms with Crippen molar-refractivity contribution in [3.8, 4) is 0 Å². The molecule has 0 bridgehead atoms. The summed E-state index contributed by atoms with van der Waals surface area (Å²) in [5.74, 6) is 0. The van der Waals surface area contributed by atoms with Crippen LogP contribution in [0.3, 0.4) is 0 Å². The molecule has 8 nitrogen and oxygen atoms in total. The predicted octanol–water partition coefficient (Wildman–Crippen LogP) is -4.28. The van der Waals surface area contributed by atoms with Gasteiger partial charge in [0.1, 0.15) is 0 Å². The summed E-state index contributed by atoms with van der Waals surface area (Å²) in [4.78, 5) is 28.6. The fraction of sp³-hybridized carbons (Fsp3) is 0. The zero-order chi connectivity index (χ0) is 9.86. The molecule has 0 rings (SSSR count). The van der Waals surface area contributed by atoms with Crippen molar-refractivity contribution in [2.75, 3.05) is 0 Å². The Bertz CT molecular complexity index is 99.3. The van der Waals surface area contributed by atoms with Crippen molar-refractivity contribution in [2.45, 2.75) is 0 Å². The van der Waals surface area contributed by atoms with Crippen molar-refractivity contribution < 1.29 is 36.1 Å². The van der Waals surface area contributed by atoms with Crippen LogP contribution in [0.5, 0.6) is 0 Å². The molecule has 5 N–H and O–H groups in total. The molecule has 0 aromatic carbocycles. The number of hydrogen-bond donors (Lipinski definition) is 5. The second-order valence-corrected chi connectivity index (χ2v) is 2.01. The van der Waals surface area contributed by atoms with Crippen LogP contribution >= 0.6 is 0 Å². The van der Waals surface area contributed by atoms with Crippen molar-refractivity contribution in [1.82, 2.24) is 0 Å². The normalized spacial score (nSPS) is 5.09. The van der Waals surface area contributed by atoms with Crippen molar-refractivity contribution >= 4 is 33.8 Å². The summed E-state index contributed by atoms with van der Waals surface area (Å²) in [6.07, 6.45) is 0. The summed E-state index contributed by atoms with van der Waals surface area (Å²) in [6.45, 7) is 0. The van der Waals surface area contributed by atoms with E-state index in [1.807, 2.05) is 0 Å². The molecule has 0 aromatic heterocycles. The van der Waals surface area contributed by atoms with E-state index in [-0.39, 0.29) is 0 Å². The van der Waals surface area contributed by atoms with E-state index in [1.165, 1.54) is 0 Å². The van der Waals surface area contributed by atoms with Gasteiger partial charge in [-0.3, -0.25) is 8.92 Å². The van der Waals surface area contributed by atoms with Gasteiger partial charge in [-0.1, -0.05) is 0 Å². The van der Waals surface area contributed by atoms with Crippen molar-refractivity contribution in [3.05, 3.63) is 0 Å². The summed E-state index contributed by atoms with van der Waals surface area (Å²) in [5, 5.41) is 0. The van der Waals surface area contributed by atoms with E-state index in [1.54, 1.807) is 0 Å². The molecule has 11 heteroatoms. The third-order valence-electron chi connectivity index (χ3n) is 0. The van der Waals surface area contributed by atoms with Crippen LogP contribution in [0, 0.1) is 0 Å². The van der Waals surface area contributed by atoms with E-state index in [9.17, 15) is 0 Å². The maximum absolute atomic E-state index is 8.74. The van der Waals surface area contributed by atoms with Gasteiger partial charge >= 0.3 is 41.8 Å². The molecule has 0 heterocycles. The van der Waals surface area contributed by atoms with E-state index in [0.29, 0.717) is 0 Å². The molecule has 0 saturated heterocycles. The first kappa shape index (κ1) is 16.8. The van der Waals surface area contributed by atoms with Crippen molar-refractivity contribution in [2.24, 2.45) is 0 Å². The second-order valence-electron chi connectivity index (χ2n) is 0.671. The minimum atomic E-state index is -3.13. The second kappa shape index (κ2) is 16.2. The van der Waals surface area contributed by atoms with E-state index >= 15 is 0 Å². The van der Waals surface area contributed by atoms with E-state index in [4.69, 9.17) is 36.1 Å². The summed E-state index contributed by atoms with van der Waals surface area (Å²) in [5.41, 5.74) is 0. The molecule has 0 spiro atoms. The Kier molecular flexibility index (Phi) is 24.6. The summed E-state index contributed by atoms with van der Waals surface area (Å²) in [6, 6.07) is 0. The number of rotatable bonds is 0. The van der Waals surface area contributed by atoms with Gasteiger partial charge in [-0.25, -0.2) is 0 Å². The fourth-order valence-electron chi connectivity index (χ4n) is 0. The standard InChI is InChI=1S/Al.2H2O3Si.H2O.O/c;2*1-4(2)3;;/h;2*1-2H;1H2;/q+1;;;;/p-1. The van der Waals surface area contributed by atoms with Crippen molar-refractivity contribution in [1.29, 1.82) is 0 Å². The summed E-state index contributed by atoms with van der Waals surface area (Å²) < 4.78 is 33.1. The molecule has 0 saturated carbocycles. The topological polar surface area (TPSA) is 152 Å². The Morgan fingerprint density at radius 2 is 0.909 bits per heavy atom. The molecule has 0 fully saturated rings. The molecule has 11 heavy (non-hydrogen) atoms. The van der Waals surface area contributed by atoms with Crippen LogP contribution in [0.25, 0.3) is 0 Å². The van der Waals surface area contributed by atoms with Crippen molar-refractivity contribution in [3.63, 3.8) is 0 Å². The van der Waals surface area contributed by atoms with Gasteiger partial charge in [0.05, 0.1) is 0 Å². The average Bonchev–Trinajstić information content (AvgIpc) is 1.60. The molecule has 0 amide bonds. The third-order valence-corrected chi connectivity index (χ3v) is 0. The van der Waals surface area contributed by atoms with Gasteiger partial charge in [0, 0.05) is 0 Å². The number of hydrogen-bond acceptors (Lipinski definition) is 3. The van der Waals surface area contributed by atoms with Gasteiger partial charge in [0.25, 0.3) is 0 Å². The first-order valence-electron chi connectivity index (χ1n) is 1.80. The van der Waals surface area contributed by atoms with Gasteiger partial charge in [0.15, 0.2) is 0 Å². The molecule has 0 radical (unpaired) electrons. The summed E-state index contributed by atoms with van der Waals surface area (Å²) in [7, 11) is -6.26. The van der Waals surface area contributed by atoms with Gasteiger partial charge in [-0.05, 0) is 0 Å². The van der Waals surface area contributed by atoms with Crippen LogP contribution in [0.4, 0.5) is 0 Å². The first-order chi connectivity index (χ1) is 4.88. The van der Waals surface area contributed by atoms with E-state index in [0.717, 1.165) is 0 Å². The van der Waals surface area contributed by atoms with Crippen LogP contribution in [0.1, 0.15) is 0 Å². The van der Waals surface area contributed by atoms with Gasteiger partial charge in [-0.15, -0.1) is 0 Å². The molecule has 0 aliphatic carbocycles. The Labute approximate surface area is 70.4 Å². The minimum absolute atomic E-state index is 1.50. The Balaban J connectivity index is -0.0000000886. The van der Waals surface area contributed by atoms with Gasteiger partial charge < -0.3 is 19.2 Å². The Hall–Kier alpha value is -0.634. The zero-order valence-corrected chi connectivity index (χ0v) is 8.19. The molecule has 0 aromatic rings. The first-order valence-corrected chi connectivity index (χ1v) is 5.39. The van der Waals surface area contributed by atoms with Gasteiger partial charge in [0.2, 0.25) is 0 Å². The van der Waals surface area contributed by atoms with Crippen LogP contribution in [-0.4, -0.2) is 57.2 Å². The Morgan fingerprint density at radius 3 is 0.909 bits per heavy atom. The predicted molar refractivity (Wildman–Crippen MR) is 30.4 cm³/mol. The van der Waals surface area contributed by atoms with Crippen LogP contribution in [0.2, 0.25) is 0 Å².